The lowest BCUT2D eigenvalue weighted by molar-refractivity contribution is 0.205. The standard InChI is InChI=1S/C11H19N3O2/c1-15-8-7-14(6-5-12)11-4-3-10(16-2)9-13-11/h3-4,9H,5-8,12H2,1-2H3. The van der Waals surface area contributed by atoms with E-state index in [1.165, 1.54) is 0 Å². The molecule has 0 bridgehead atoms. The van der Waals surface area contributed by atoms with Crippen LogP contribution in [0.5, 0.6) is 5.75 Å². The molecule has 0 aromatic carbocycles. The predicted octanol–water partition coefficient (Wildman–Crippen LogP) is 0.502. The van der Waals surface area contributed by atoms with Crippen LogP contribution in [0.2, 0.25) is 0 Å². The number of ether oxygens (including phenoxy) is 2. The average Bonchev–Trinajstić information content (AvgIpc) is 2.35. The van der Waals surface area contributed by atoms with Gasteiger partial charge >= 0.3 is 0 Å². The van der Waals surface area contributed by atoms with Gasteiger partial charge in [-0.15, -0.1) is 0 Å². The minimum absolute atomic E-state index is 0.595. The molecular formula is C11H19N3O2. The summed E-state index contributed by atoms with van der Waals surface area (Å²) in [5, 5.41) is 0. The molecule has 0 aliphatic carbocycles. The molecule has 0 atom stereocenters. The van der Waals surface area contributed by atoms with Crippen molar-refractivity contribution < 1.29 is 9.47 Å². The third-order valence-corrected chi connectivity index (χ3v) is 2.24. The fourth-order valence-electron chi connectivity index (χ4n) is 1.38. The van der Waals surface area contributed by atoms with Gasteiger partial charge in [-0.25, -0.2) is 4.98 Å². The predicted molar refractivity (Wildman–Crippen MR) is 63.9 cm³/mol. The van der Waals surface area contributed by atoms with Crippen LogP contribution in [0, 0.1) is 0 Å². The van der Waals surface area contributed by atoms with E-state index in [1.807, 2.05) is 12.1 Å². The van der Waals surface area contributed by atoms with Crippen LogP contribution >= 0.6 is 0 Å². The van der Waals surface area contributed by atoms with Crippen molar-refractivity contribution in [2.24, 2.45) is 5.73 Å². The highest BCUT2D eigenvalue weighted by Crippen LogP contribution is 2.14. The molecule has 0 aliphatic rings. The topological polar surface area (TPSA) is 60.6 Å². The average molecular weight is 225 g/mol. The molecule has 1 heterocycles. The lowest BCUT2D eigenvalue weighted by Crippen LogP contribution is -2.32. The number of methoxy groups -OCH3 is 2. The van der Waals surface area contributed by atoms with E-state index in [1.54, 1.807) is 20.4 Å². The van der Waals surface area contributed by atoms with Crippen molar-refractivity contribution in [3.8, 4) is 5.75 Å². The van der Waals surface area contributed by atoms with Crippen LogP contribution in [0.15, 0.2) is 18.3 Å². The summed E-state index contributed by atoms with van der Waals surface area (Å²) in [6.45, 7) is 2.81. The van der Waals surface area contributed by atoms with Gasteiger partial charge in [-0.3, -0.25) is 0 Å². The van der Waals surface area contributed by atoms with Crippen LogP contribution in [-0.2, 0) is 4.74 Å². The molecule has 0 unspecified atom stereocenters. The fraction of sp³-hybridized carbons (Fsp3) is 0.545. The first kappa shape index (κ1) is 12.7. The van der Waals surface area contributed by atoms with Crippen LogP contribution in [0.4, 0.5) is 5.82 Å². The zero-order valence-corrected chi connectivity index (χ0v) is 9.85. The normalized spacial score (nSPS) is 10.2. The molecule has 16 heavy (non-hydrogen) atoms. The van der Waals surface area contributed by atoms with Crippen LogP contribution in [-0.4, -0.2) is 45.4 Å². The number of rotatable bonds is 7. The smallest absolute Gasteiger partial charge is 0.137 e. The molecule has 0 saturated carbocycles. The van der Waals surface area contributed by atoms with Gasteiger partial charge in [0.15, 0.2) is 0 Å². The molecule has 5 nitrogen and oxygen atoms in total. The number of nitrogens with two attached hydrogens (primary N) is 1. The van der Waals surface area contributed by atoms with Crippen LogP contribution in [0.3, 0.4) is 0 Å². The van der Waals surface area contributed by atoms with E-state index in [0.29, 0.717) is 13.2 Å². The van der Waals surface area contributed by atoms with E-state index in [9.17, 15) is 0 Å². The molecule has 5 heteroatoms. The second-order valence-electron chi connectivity index (χ2n) is 3.32. The summed E-state index contributed by atoms with van der Waals surface area (Å²) in [7, 11) is 3.31. The first-order chi connectivity index (χ1) is 7.81. The maximum atomic E-state index is 5.56. The summed E-state index contributed by atoms with van der Waals surface area (Å²) in [5.41, 5.74) is 5.56. The maximum absolute atomic E-state index is 5.56. The van der Waals surface area contributed by atoms with Gasteiger partial charge in [0.05, 0.1) is 19.9 Å². The highest BCUT2D eigenvalue weighted by atomic mass is 16.5. The number of pyridine rings is 1. The zero-order valence-electron chi connectivity index (χ0n) is 9.85. The Labute approximate surface area is 96.2 Å². The van der Waals surface area contributed by atoms with Gasteiger partial charge in [-0.05, 0) is 12.1 Å². The van der Waals surface area contributed by atoms with Crippen LogP contribution in [0.1, 0.15) is 0 Å². The molecule has 1 aromatic heterocycles. The third-order valence-electron chi connectivity index (χ3n) is 2.24. The Morgan fingerprint density at radius 3 is 2.62 bits per heavy atom. The monoisotopic (exact) mass is 225 g/mol. The zero-order chi connectivity index (χ0) is 11.8. The van der Waals surface area contributed by atoms with E-state index in [-0.39, 0.29) is 0 Å². The van der Waals surface area contributed by atoms with Gasteiger partial charge in [0.2, 0.25) is 0 Å². The number of nitrogens with zero attached hydrogens (tertiary/aromatic N) is 2. The molecule has 1 aromatic rings. The van der Waals surface area contributed by atoms with Crippen LogP contribution < -0.4 is 15.4 Å². The van der Waals surface area contributed by atoms with E-state index in [0.717, 1.165) is 24.7 Å². The number of aromatic nitrogens is 1. The molecule has 0 spiro atoms. The Hall–Kier alpha value is -1.33. The number of hydrogen-bond acceptors (Lipinski definition) is 5. The molecule has 0 saturated heterocycles. The summed E-state index contributed by atoms with van der Waals surface area (Å²) < 4.78 is 10.1. The summed E-state index contributed by atoms with van der Waals surface area (Å²) in [6.07, 6.45) is 1.70. The van der Waals surface area contributed by atoms with Crippen molar-refractivity contribution in [1.29, 1.82) is 0 Å². The second-order valence-corrected chi connectivity index (χ2v) is 3.32. The fourth-order valence-corrected chi connectivity index (χ4v) is 1.38. The van der Waals surface area contributed by atoms with Crippen molar-refractivity contribution in [2.45, 2.75) is 0 Å². The minimum atomic E-state index is 0.595. The van der Waals surface area contributed by atoms with Crippen molar-refractivity contribution in [3.05, 3.63) is 18.3 Å². The van der Waals surface area contributed by atoms with Gasteiger partial charge in [0, 0.05) is 26.7 Å². The Kier molecular flexibility index (Phi) is 5.60. The van der Waals surface area contributed by atoms with E-state index >= 15 is 0 Å². The molecule has 0 aliphatic heterocycles. The third kappa shape index (κ3) is 3.67. The molecule has 1 rings (SSSR count). The van der Waals surface area contributed by atoms with Gasteiger partial charge in [0.1, 0.15) is 11.6 Å². The van der Waals surface area contributed by atoms with Crippen molar-refractivity contribution in [1.82, 2.24) is 4.98 Å². The molecular weight excluding hydrogens is 206 g/mol. The second kappa shape index (κ2) is 7.03. The number of hydrogen-bond donors (Lipinski definition) is 1. The quantitative estimate of drug-likeness (QED) is 0.732. The van der Waals surface area contributed by atoms with Gasteiger partial charge in [-0.1, -0.05) is 0 Å². The summed E-state index contributed by atoms with van der Waals surface area (Å²) >= 11 is 0. The Bertz CT molecular complexity index is 290. The van der Waals surface area contributed by atoms with Crippen LogP contribution in [0.25, 0.3) is 0 Å². The van der Waals surface area contributed by atoms with E-state index in [2.05, 4.69) is 9.88 Å². The molecule has 0 radical (unpaired) electrons. The lowest BCUT2D eigenvalue weighted by Gasteiger charge is -2.22. The summed E-state index contributed by atoms with van der Waals surface area (Å²) in [5.74, 6) is 1.64. The van der Waals surface area contributed by atoms with Gasteiger partial charge in [0.25, 0.3) is 0 Å². The first-order valence-electron chi connectivity index (χ1n) is 5.25. The number of anilines is 1. The van der Waals surface area contributed by atoms with Crippen molar-refractivity contribution >= 4 is 5.82 Å². The van der Waals surface area contributed by atoms with Gasteiger partial charge in [-0.2, -0.15) is 0 Å². The first-order valence-corrected chi connectivity index (χ1v) is 5.25. The van der Waals surface area contributed by atoms with Crippen molar-refractivity contribution in [3.63, 3.8) is 0 Å². The largest absolute Gasteiger partial charge is 0.495 e. The summed E-state index contributed by atoms with van der Waals surface area (Å²) in [6, 6.07) is 3.81. The lowest BCUT2D eigenvalue weighted by atomic mass is 10.4. The van der Waals surface area contributed by atoms with E-state index < -0.39 is 0 Å². The van der Waals surface area contributed by atoms with Gasteiger partial charge < -0.3 is 20.1 Å². The highest BCUT2D eigenvalue weighted by molar-refractivity contribution is 5.40. The van der Waals surface area contributed by atoms with E-state index in [4.69, 9.17) is 15.2 Å². The molecule has 0 fully saturated rings. The SMILES string of the molecule is COCCN(CCN)c1ccc(OC)cn1. The molecule has 0 amide bonds. The molecule has 2 N–H and O–H groups in total. The molecule has 90 valence electrons. The summed E-state index contributed by atoms with van der Waals surface area (Å²) in [4.78, 5) is 6.40. The van der Waals surface area contributed by atoms with Crippen molar-refractivity contribution in [2.75, 3.05) is 45.4 Å². The highest BCUT2D eigenvalue weighted by Gasteiger charge is 2.06. The minimum Gasteiger partial charge on any atom is -0.495 e. The Balaban J connectivity index is 2.67. The Morgan fingerprint density at radius 2 is 2.12 bits per heavy atom. The Morgan fingerprint density at radius 1 is 1.31 bits per heavy atom. The maximum Gasteiger partial charge on any atom is 0.137 e.